The molecule has 0 amide bonds. The summed E-state index contributed by atoms with van der Waals surface area (Å²) >= 11 is 0. The summed E-state index contributed by atoms with van der Waals surface area (Å²) in [4.78, 5) is 15.1. The molecule has 0 atom stereocenters. The monoisotopic (exact) mass is 199 g/mol. The first kappa shape index (κ1) is 9.71. The highest BCUT2D eigenvalue weighted by atomic mass is 16.1. The molecular formula is C13H13NO. The van der Waals surface area contributed by atoms with Crippen LogP contribution in [0.15, 0.2) is 36.5 Å². The predicted molar refractivity (Wildman–Crippen MR) is 60.1 cm³/mol. The van der Waals surface area contributed by atoms with Crippen LogP contribution in [0, 0.1) is 13.8 Å². The van der Waals surface area contributed by atoms with E-state index >= 15 is 0 Å². The number of hydrogen-bond acceptors (Lipinski definition) is 1. The maximum absolute atomic E-state index is 12.1. The number of benzene rings is 1. The number of hydrogen-bond donors (Lipinski definition) is 1. The molecule has 15 heavy (non-hydrogen) atoms. The third-order valence-electron chi connectivity index (χ3n) is 2.57. The lowest BCUT2D eigenvalue weighted by molar-refractivity contribution is 0.103. The van der Waals surface area contributed by atoms with E-state index in [-0.39, 0.29) is 5.78 Å². The number of H-pyrrole nitrogens is 1. The quantitative estimate of drug-likeness (QED) is 0.741. The molecule has 76 valence electrons. The number of carbonyl (C=O) groups excluding carboxylic acids is 1. The molecule has 0 fully saturated rings. The van der Waals surface area contributed by atoms with Gasteiger partial charge in [0.1, 0.15) is 0 Å². The van der Waals surface area contributed by atoms with Crippen LogP contribution in [0.1, 0.15) is 27.2 Å². The van der Waals surface area contributed by atoms with E-state index in [1.165, 1.54) is 0 Å². The van der Waals surface area contributed by atoms with Crippen LogP contribution < -0.4 is 0 Å². The first-order valence-electron chi connectivity index (χ1n) is 4.94. The Hall–Kier alpha value is -1.83. The van der Waals surface area contributed by atoms with E-state index in [0.29, 0.717) is 5.69 Å². The lowest BCUT2D eigenvalue weighted by Gasteiger charge is -2.03. The fourth-order valence-electron chi connectivity index (χ4n) is 1.65. The molecule has 0 saturated heterocycles. The first-order chi connectivity index (χ1) is 7.20. The molecule has 1 heterocycles. The molecule has 2 rings (SSSR count). The average Bonchev–Trinajstić information content (AvgIpc) is 2.64. The number of aryl methyl sites for hydroxylation is 2. The number of aromatic amines is 1. The van der Waals surface area contributed by atoms with Crippen molar-refractivity contribution in [2.75, 3.05) is 0 Å². The standard InChI is InChI=1S/C13H13NO/c1-9-5-3-4-6-11(9)13(15)12-10(2)7-8-14-12/h3-8,14H,1-2H3. The Morgan fingerprint density at radius 2 is 1.80 bits per heavy atom. The van der Waals surface area contributed by atoms with Crippen LogP contribution in [0.3, 0.4) is 0 Å². The second kappa shape index (κ2) is 3.73. The van der Waals surface area contributed by atoms with Gasteiger partial charge in [-0.1, -0.05) is 24.3 Å². The number of nitrogens with one attached hydrogen (secondary N) is 1. The molecule has 1 N–H and O–H groups in total. The van der Waals surface area contributed by atoms with Gasteiger partial charge in [-0.15, -0.1) is 0 Å². The lowest BCUT2D eigenvalue weighted by Crippen LogP contribution is -2.05. The second-order valence-electron chi connectivity index (χ2n) is 3.68. The third-order valence-corrected chi connectivity index (χ3v) is 2.57. The molecule has 0 unspecified atom stereocenters. The van der Waals surface area contributed by atoms with Gasteiger partial charge in [0.15, 0.2) is 0 Å². The van der Waals surface area contributed by atoms with Crippen molar-refractivity contribution in [2.45, 2.75) is 13.8 Å². The molecule has 0 aliphatic rings. The summed E-state index contributed by atoms with van der Waals surface area (Å²) in [5.74, 6) is 0.0654. The summed E-state index contributed by atoms with van der Waals surface area (Å²) in [5, 5.41) is 0. The third kappa shape index (κ3) is 1.71. The number of aromatic nitrogens is 1. The molecule has 1 aromatic heterocycles. The minimum Gasteiger partial charge on any atom is -0.358 e. The maximum atomic E-state index is 12.1. The van der Waals surface area contributed by atoms with Gasteiger partial charge in [0.05, 0.1) is 5.69 Å². The highest BCUT2D eigenvalue weighted by molar-refractivity contribution is 6.09. The summed E-state index contributed by atoms with van der Waals surface area (Å²) in [5.41, 5.74) is 3.45. The Balaban J connectivity index is 2.46. The SMILES string of the molecule is Cc1ccccc1C(=O)c1[nH]ccc1C. The smallest absolute Gasteiger partial charge is 0.209 e. The average molecular weight is 199 g/mol. The Labute approximate surface area is 89.0 Å². The lowest BCUT2D eigenvalue weighted by atomic mass is 10.0. The molecule has 0 aliphatic carbocycles. The molecule has 0 aliphatic heterocycles. The van der Waals surface area contributed by atoms with Gasteiger partial charge in [0, 0.05) is 11.8 Å². The zero-order valence-electron chi connectivity index (χ0n) is 8.87. The normalized spacial score (nSPS) is 10.3. The number of rotatable bonds is 2. The van der Waals surface area contributed by atoms with Crippen molar-refractivity contribution in [2.24, 2.45) is 0 Å². The van der Waals surface area contributed by atoms with Crippen LogP contribution in [0.25, 0.3) is 0 Å². The van der Waals surface area contributed by atoms with E-state index in [1.54, 1.807) is 6.20 Å². The van der Waals surface area contributed by atoms with Crippen LogP contribution in [0.5, 0.6) is 0 Å². The highest BCUT2D eigenvalue weighted by Crippen LogP contribution is 2.15. The van der Waals surface area contributed by atoms with E-state index in [9.17, 15) is 4.79 Å². The Morgan fingerprint density at radius 3 is 2.40 bits per heavy atom. The molecule has 2 nitrogen and oxygen atoms in total. The molecule has 0 radical (unpaired) electrons. The topological polar surface area (TPSA) is 32.9 Å². The molecule has 0 saturated carbocycles. The maximum Gasteiger partial charge on any atom is 0.209 e. The van der Waals surface area contributed by atoms with E-state index in [4.69, 9.17) is 0 Å². The van der Waals surface area contributed by atoms with E-state index < -0.39 is 0 Å². The highest BCUT2D eigenvalue weighted by Gasteiger charge is 2.13. The van der Waals surface area contributed by atoms with Gasteiger partial charge in [0.2, 0.25) is 5.78 Å². The van der Waals surface area contributed by atoms with E-state index in [1.807, 2.05) is 44.2 Å². The van der Waals surface area contributed by atoms with Crippen LogP contribution in [0.4, 0.5) is 0 Å². The molecule has 0 bridgehead atoms. The number of ketones is 1. The van der Waals surface area contributed by atoms with Gasteiger partial charge in [-0.2, -0.15) is 0 Å². The fourth-order valence-corrected chi connectivity index (χ4v) is 1.65. The van der Waals surface area contributed by atoms with Gasteiger partial charge < -0.3 is 4.98 Å². The molecule has 2 aromatic rings. The van der Waals surface area contributed by atoms with Crippen molar-refractivity contribution in [3.8, 4) is 0 Å². The molecular weight excluding hydrogens is 186 g/mol. The van der Waals surface area contributed by atoms with Crippen molar-refractivity contribution in [3.05, 3.63) is 58.9 Å². The summed E-state index contributed by atoms with van der Waals surface area (Å²) in [6.45, 7) is 3.88. The van der Waals surface area contributed by atoms with Crippen LogP contribution in [-0.2, 0) is 0 Å². The van der Waals surface area contributed by atoms with Crippen molar-refractivity contribution in [1.29, 1.82) is 0 Å². The fraction of sp³-hybridized carbons (Fsp3) is 0.154. The zero-order chi connectivity index (χ0) is 10.8. The second-order valence-corrected chi connectivity index (χ2v) is 3.68. The van der Waals surface area contributed by atoms with Crippen molar-refractivity contribution in [1.82, 2.24) is 4.98 Å². The van der Waals surface area contributed by atoms with Crippen LogP contribution in [-0.4, -0.2) is 10.8 Å². The van der Waals surface area contributed by atoms with E-state index in [2.05, 4.69) is 4.98 Å². The first-order valence-corrected chi connectivity index (χ1v) is 4.94. The van der Waals surface area contributed by atoms with Gasteiger partial charge in [-0.3, -0.25) is 4.79 Å². The molecule has 2 heteroatoms. The Morgan fingerprint density at radius 1 is 1.07 bits per heavy atom. The van der Waals surface area contributed by atoms with Crippen molar-refractivity contribution >= 4 is 5.78 Å². The minimum absolute atomic E-state index is 0.0654. The Bertz CT molecular complexity index is 497. The summed E-state index contributed by atoms with van der Waals surface area (Å²) < 4.78 is 0. The van der Waals surface area contributed by atoms with Gasteiger partial charge in [0.25, 0.3) is 0 Å². The molecule has 1 aromatic carbocycles. The Kier molecular flexibility index (Phi) is 2.42. The van der Waals surface area contributed by atoms with Crippen LogP contribution >= 0.6 is 0 Å². The van der Waals surface area contributed by atoms with Crippen molar-refractivity contribution < 1.29 is 4.79 Å². The zero-order valence-corrected chi connectivity index (χ0v) is 8.87. The molecule has 0 spiro atoms. The van der Waals surface area contributed by atoms with Crippen molar-refractivity contribution in [3.63, 3.8) is 0 Å². The summed E-state index contributed by atoms with van der Waals surface area (Å²) in [6.07, 6.45) is 1.79. The summed E-state index contributed by atoms with van der Waals surface area (Å²) in [6, 6.07) is 9.54. The van der Waals surface area contributed by atoms with Crippen LogP contribution in [0.2, 0.25) is 0 Å². The van der Waals surface area contributed by atoms with Gasteiger partial charge in [-0.05, 0) is 31.0 Å². The largest absolute Gasteiger partial charge is 0.358 e. The van der Waals surface area contributed by atoms with E-state index in [0.717, 1.165) is 16.7 Å². The van der Waals surface area contributed by atoms with Gasteiger partial charge >= 0.3 is 0 Å². The minimum atomic E-state index is 0.0654. The number of carbonyl (C=O) groups is 1. The predicted octanol–water partition coefficient (Wildman–Crippen LogP) is 2.86. The van der Waals surface area contributed by atoms with Gasteiger partial charge in [-0.25, -0.2) is 0 Å². The summed E-state index contributed by atoms with van der Waals surface area (Å²) in [7, 11) is 0.